The minimum atomic E-state index is -1.05. The molecule has 0 bridgehead atoms. The van der Waals surface area contributed by atoms with Crippen LogP contribution in [-0.2, 0) is 4.79 Å². The zero-order valence-corrected chi connectivity index (χ0v) is 12.3. The van der Waals surface area contributed by atoms with Crippen molar-refractivity contribution >= 4 is 11.6 Å². The zero-order valence-electron chi connectivity index (χ0n) is 12.3. The first kappa shape index (κ1) is 15.7. The number of anilines is 1. The Morgan fingerprint density at radius 2 is 1.90 bits per heavy atom. The Morgan fingerprint density at radius 1 is 1.33 bits per heavy atom. The van der Waals surface area contributed by atoms with Crippen LogP contribution < -0.4 is 5.32 Å². The summed E-state index contributed by atoms with van der Waals surface area (Å²) in [5.74, 6) is -2.95. The SMILES string of the molecule is CC1CN(C(=O)CNc2c(F)cc(F)cc2F)CC1(C)C. The number of hydrogen-bond acceptors (Lipinski definition) is 2. The zero-order chi connectivity index (χ0) is 15.8. The molecule has 1 N–H and O–H groups in total. The van der Waals surface area contributed by atoms with Gasteiger partial charge < -0.3 is 10.2 Å². The number of halogens is 3. The van der Waals surface area contributed by atoms with Crippen LogP contribution in [0.4, 0.5) is 18.9 Å². The molecular weight excluding hydrogens is 281 g/mol. The van der Waals surface area contributed by atoms with E-state index in [1.54, 1.807) is 4.90 Å². The number of carbonyl (C=O) groups excluding carboxylic acids is 1. The first-order valence-electron chi connectivity index (χ1n) is 6.87. The molecule has 1 aliphatic rings. The van der Waals surface area contributed by atoms with Crippen molar-refractivity contribution in [2.45, 2.75) is 20.8 Å². The Bertz CT molecular complexity index is 537. The molecule has 2 rings (SSSR count). The van der Waals surface area contributed by atoms with Gasteiger partial charge in [0.05, 0.1) is 6.54 Å². The molecule has 1 saturated heterocycles. The van der Waals surface area contributed by atoms with Crippen LogP contribution >= 0.6 is 0 Å². The summed E-state index contributed by atoms with van der Waals surface area (Å²) in [6, 6.07) is 1.16. The molecule has 1 fully saturated rings. The maximum Gasteiger partial charge on any atom is 0.241 e. The van der Waals surface area contributed by atoms with Gasteiger partial charge in [-0.3, -0.25) is 4.79 Å². The fourth-order valence-corrected chi connectivity index (χ4v) is 2.47. The lowest BCUT2D eigenvalue weighted by atomic mass is 9.84. The van der Waals surface area contributed by atoms with Gasteiger partial charge in [0.2, 0.25) is 5.91 Å². The molecule has 6 heteroatoms. The molecule has 1 unspecified atom stereocenters. The average molecular weight is 300 g/mol. The molecule has 21 heavy (non-hydrogen) atoms. The first-order chi connectivity index (χ1) is 9.70. The standard InChI is InChI=1S/C15H19F3N2O/c1-9-7-20(8-15(9,2)3)13(21)6-19-14-11(17)4-10(16)5-12(14)18/h4-5,9,19H,6-8H2,1-3H3. The van der Waals surface area contributed by atoms with Crippen LogP contribution in [0.15, 0.2) is 12.1 Å². The van der Waals surface area contributed by atoms with E-state index in [-0.39, 0.29) is 17.9 Å². The molecule has 0 radical (unpaired) electrons. The molecule has 1 atom stereocenters. The second-order valence-corrected chi connectivity index (χ2v) is 6.26. The summed E-state index contributed by atoms with van der Waals surface area (Å²) in [5, 5.41) is 2.42. The lowest BCUT2D eigenvalue weighted by molar-refractivity contribution is -0.128. The first-order valence-corrected chi connectivity index (χ1v) is 6.87. The van der Waals surface area contributed by atoms with E-state index in [1.807, 2.05) is 0 Å². The number of amides is 1. The van der Waals surface area contributed by atoms with Crippen molar-refractivity contribution in [3.8, 4) is 0 Å². The van der Waals surface area contributed by atoms with Gasteiger partial charge in [-0.2, -0.15) is 0 Å². The van der Waals surface area contributed by atoms with Crippen molar-refractivity contribution in [3.63, 3.8) is 0 Å². The van der Waals surface area contributed by atoms with Crippen LogP contribution in [-0.4, -0.2) is 30.4 Å². The van der Waals surface area contributed by atoms with Gasteiger partial charge in [-0.15, -0.1) is 0 Å². The third-order valence-corrected chi connectivity index (χ3v) is 4.20. The Labute approximate surface area is 122 Å². The largest absolute Gasteiger partial charge is 0.371 e. The highest BCUT2D eigenvalue weighted by Gasteiger charge is 2.38. The van der Waals surface area contributed by atoms with Crippen molar-refractivity contribution in [1.29, 1.82) is 0 Å². The summed E-state index contributed by atoms with van der Waals surface area (Å²) >= 11 is 0. The van der Waals surface area contributed by atoms with Crippen LogP contribution in [0.3, 0.4) is 0 Å². The molecule has 3 nitrogen and oxygen atoms in total. The van der Waals surface area contributed by atoms with E-state index in [0.717, 1.165) is 0 Å². The lowest BCUT2D eigenvalue weighted by Crippen LogP contribution is -2.35. The third kappa shape index (κ3) is 3.31. The minimum absolute atomic E-state index is 0.0298. The van der Waals surface area contributed by atoms with Gasteiger partial charge in [0, 0.05) is 25.2 Å². The molecule has 0 saturated carbocycles. The third-order valence-electron chi connectivity index (χ3n) is 4.20. The molecule has 1 amide bonds. The predicted octanol–water partition coefficient (Wildman–Crippen LogP) is 3.02. The molecule has 1 aliphatic heterocycles. The second kappa shape index (κ2) is 5.58. The molecule has 0 aliphatic carbocycles. The van der Waals surface area contributed by atoms with Gasteiger partial charge in [0.15, 0.2) is 11.6 Å². The van der Waals surface area contributed by atoms with E-state index in [4.69, 9.17) is 0 Å². The van der Waals surface area contributed by atoms with Gasteiger partial charge in [-0.05, 0) is 11.3 Å². The summed E-state index contributed by atoms with van der Waals surface area (Å²) in [6.45, 7) is 7.25. The molecular formula is C15H19F3N2O. The van der Waals surface area contributed by atoms with Crippen molar-refractivity contribution in [1.82, 2.24) is 4.90 Å². The van der Waals surface area contributed by atoms with E-state index >= 15 is 0 Å². The number of nitrogens with zero attached hydrogens (tertiary/aromatic N) is 1. The van der Waals surface area contributed by atoms with E-state index in [9.17, 15) is 18.0 Å². The number of carbonyl (C=O) groups is 1. The normalized spacial score (nSPS) is 20.7. The van der Waals surface area contributed by atoms with Crippen LogP contribution in [0.1, 0.15) is 20.8 Å². The molecule has 1 heterocycles. The number of rotatable bonds is 3. The van der Waals surface area contributed by atoms with E-state index in [2.05, 4.69) is 26.1 Å². The highest BCUT2D eigenvalue weighted by Crippen LogP contribution is 2.34. The van der Waals surface area contributed by atoms with Crippen LogP contribution in [0.25, 0.3) is 0 Å². The molecule has 1 aromatic rings. The van der Waals surface area contributed by atoms with Crippen molar-refractivity contribution in [2.75, 3.05) is 25.0 Å². The predicted molar refractivity (Wildman–Crippen MR) is 74.3 cm³/mol. The summed E-state index contributed by atoms with van der Waals surface area (Å²) in [4.78, 5) is 13.8. The average Bonchev–Trinajstić information content (AvgIpc) is 2.62. The monoisotopic (exact) mass is 300 g/mol. The van der Waals surface area contributed by atoms with Gasteiger partial charge in [-0.25, -0.2) is 13.2 Å². The number of likely N-dealkylation sites (tertiary alicyclic amines) is 1. The second-order valence-electron chi connectivity index (χ2n) is 6.26. The Kier molecular flexibility index (Phi) is 4.16. The van der Waals surface area contributed by atoms with E-state index in [0.29, 0.717) is 31.1 Å². The van der Waals surface area contributed by atoms with Crippen molar-refractivity contribution in [2.24, 2.45) is 11.3 Å². The number of nitrogens with one attached hydrogen (secondary N) is 1. The van der Waals surface area contributed by atoms with Crippen LogP contribution in [0.5, 0.6) is 0 Å². The number of hydrogen-bond donors (Lipinski definition) is 1. The van der Waals surface area contributed by atoms with Gasteiger partial charge in [0.25, 0.3) is 0 Å². The minimum Gasteiger partial charge on any atom is -0.371 e. The summed E-state index contributed by atoms with van der Waals surface area (Å²) in [7, 11) is 0. The maximum absolute atomic E-state index is 13.5. The fourth-order valence-electron chi connectivity index (χ4n) is 2.47. The molecule has 0 aromatic heterocycles. The van der Waals surface area contributed by atoms with E-state index < -0.39 is 23.1 Å². The molecule has 1 aromatic carbocycles. The molecule has 116 valence electrons. The Balaban J connectivity index is 2.00. The lowest BCUT2D eigenvalue weighted by Gasteiger charge is -2.22. The fraction of sp³-hybridized carbons (Fsp3) is 0.533. The van der Waals surface area contributed by atoms with Crippen molar-refractivity contribution < 1.29 is 18.0 Å². The summed E-state index contributed by atoms with van der Waals surface area (Å²) in [5.41, 5.74) is -0.446. The van der Waals surface area contributed by atoms with Gasteiger partial charge in [-0.1, -0.05) is 20.8 Å². The highest BCUT2D eigenvalue weighted by molar-refractivity contribution is 5.81. The van der Waals surface area contributed by atoms with Crippen molar-refractivity contribution in [3.05, 3.63) is 29.6 Å². The quantitative estimate of drug-likeness (QED) is 0.930. The van der Waals surface area contributed by atoms with Crippen LogP contribution in [0.2, 0.25) is 0 Å². The maximum atomic E-state index is 13.5. The topological polar surface area (TPSA) is 32.3 Å². The molecule has 0 spiro atoms. The van der Waals surface area contributed by atoms with Gasteiger partial charge in [0.1, 0.15) is 11.5 Å². The van der Waals surface area contributed by atoms with E-state index in [1.165, 1.54) is 0 Å². The summed E-state index contributed by atoms with van der Waals surface area (Å²) in [6.07, 6.45) is 0. The highest BCUT2D eigenvalue weighted by atomic mass is 19.1. The number of benzene rings is 1. The summed E-state index contributed by atoms with van der Waals surface area (Å²) < 4.78 is 39.7. The van der Waals surface area contributed by atoms with Gasteiger partial charge >= 0.3 is 0 Å². The van der Waals surface area contributed by atoms with Crippen LogP contribution in [0, 0.1) is 28.8 Å². The smallest absolute Gasteiger partial charge is 0.241 e. The Hall–Kier alpha value is -1.72. The Morgan fingerprint density at radius 3 is 2.38 bits per heavy atom.